The van der Waals surface area contributed by atoms with Crippen LogP contribution in [0.4, 0.5) is 5.69 Å². The average Bonchev–Trinajstić information content (AvgIpc) is 2.63. The molecule has 2 N–H and O–H groups in total. The molecule has 0 spiro atoms. The molecule has 2 aromatic rings. The summed E-state index contributed by atoms with van der Waals surface area (Å²) >= 11 is 1.51. The van der Waals surface area contributed by atoms with Crippen LogP contribution in [0.15, 0.2) is 23.7 Å². The summed E-state index contributed by atoms with van der Waals surface area (Å²) in [5, 5.41) is 12.2. The Balaban J connectivity index is 2.24. The topological polar surface area (TPSA) is 62.2 Å². The SMILES string of the molecule is CC(C)(O)C(=O)Nc1ccc2ncsc2c1. The van der Waals surface area contributed by atoms with E-state index in [1.807, 2.05) is 12.1 Å². The molecule has 0 aliphatic heterocycles. The third kappa shape index (κ3) is 2.20. The summed E-state index contributed by atoms with van der Waals surface area (Å²) in [6, 6.07) is 5.45. The number of nitrogens with zero attached hydrogens (tertiary/aromatic N) is 1. The van der Waals surface area contributed by atoms with Gasteiger partial charge in [0.15, 0.2) is 0 Å². The van der Waals surface area contributed by atoms with Crippen LogP contribution < -0.4 is 5.32 Å². The van der Waals surface area contributed by atoms with Crippen LogP contribution in [0.25, 0.3) is 10.2 Å². The third-order valence-corrected chi connectivity index (χ3v) is 2.94. The van der Waals surface area contributed by atoms with E-state index >= 15 is 0 Å². The van der Waals surface area contributed by atoms with Gasteiger partial charge < -0.3 is 10.4 Å². The van der Waals surface area contributed by atoms with Crippen LogP contribution in [0.5, 0.6) is 0 Å². The Kier molecular flexibility index (Phi) is 2.65. The van der Waals surface area contributed by atoms with E-state index in [2.05, 4.69) is 10.3 Å². The molecule has 84 valence electrons. The minimum Gasteiger partial charge on any atom is -0.381 e. The van der Waals surface area contributed by atoms with Crippen molar-refractivity contribution in [3.05, 3.63) is 23.7 Å². The third-order valence-electron chi connectivity index (χ3n) is 2.14. The molecule has 1 aromatic heterocycles. The number of amides is 1. The molecule has 0 saturated carbocycles. The van der Waals surface area contributed by atoms with Gasteiger partial charge in [0.1, 0.15) is 5.60 Å². The molecule has 0 aliphatic carbocycles. The number of hydrogen-bond donors (Lipinski definition) is 2. The van der Waals surface area contributed by atoms with Crippen molar-refractivity contribution in [2.75, 3.05) is 5.32 Å². The van der Waals surface area contributed by atoms with Crippen molar-refractivity contribution in [2.24, 2.45) is 0 Å². The van der Waals surface area contributed by atoms with Crippen LogP contribution in [0.2, 0.25) is 0 Å². The van der Waals surface area contributed by atoms with Crippen LogP contribution in [0.1, 0.15) is 13.8 Å². The number of fused-ring (bicyclic) bond motifs is 1. The predicted molar refractivity (Wildman–Crippen MR) is 64.5 cm³/mol. The number of carbonyl (C=O) groups excluding carboxylic acids is 1. The van der Waals surface area contributed by atoms with Gasteiger partial charge in [-0.05, 0) is 32.0 Å². The van der Waals surface area contributed by atoms with E-state index in [4.69, 9.17) is 0 Å². The Morgan fingerprint density at radius 1 is 1.50 bits per heavy atom. The molecule has 0 atom stereocenters. The van der Waals surface area contributed by atoms with Crippen molar-refractivity contribution in [2.45, 2.75) is 19.4 Å². The summed E-state index contributed by atoms with van der Waals surface area (Å²) in [4.78, 5) is 15.7. The summed E-state index contributed by atoms with van der Waals surface area (Å²) < 4.78 is 1.01. The highest BCUT2D eigenvalue weighted by Crippen LogP contribution is 2.22. The van der Waals surface area contributed by atoms with Crippen molar-refractivity contribution in [1.29, 1.82) is 0 Å². The van der Waals surface area contributed by atoms with Gasteiger partial charge in [-0.15, -0.1) is 11.3 Å². The monoisotopic (exact) mass is 236 g/mol. The van der Waals surface area contributed by atoms with E-state index in [1.54, 1.807) is 11.6 Å². The molecule has 0 saturated heterocycles. The Hall–Kier alpha value is -1.46. The molecule has 0 fully saturated rings. The smallest absolute Gasteiger partial charge is 0.255 e. The quantitative estimate of drug-likeness (QED) is 0.838. The van der Waals surface area contributed by atoms with Gasteiger partial charge in [-0.1, -0.05) is 0 Å². The number of aromatic nitrogens is 1. The largest absolute Gasteiger partial charge is 0.381 e. The van der Waals surface area contributed by atoms with E-state index in [-0.39, 0.29) is 0 Å². The standard InChI is InChI=1S/C11H12N2O2S/c1-11(2,15)10(14)13-7-3-4-8-9(5-7)16-6-12-8/h3-6,15H,1-2H3,(H,13,14). The van der Waals surface area contributed by atoms with Crippen LogP contribution in [0.3, 0.4) is 0 Å². The summed E-state index contributed by atoms with van der Waals surface area (Å²) in [6.07, 6.45) is 0. The van der Waals surface area contributed by atoms with E-state index < -0.39 is 11.5 Å². The summed E-state index contributed by atoms with van der Waals surface area (Å²) in [7, 11) is 0. The van der Waals surface area contributed by atoms with Gasteiger partial charge in [0.25, 0.3) is 5.91 Å². The first-order chi connectivity index (χ1) is 7.47. The van der Waals surface area contributed by atoms with Gasteiger partial charge in [0.2, 0.25) is 0 Å². The van der Waals surface area contributed by atoms with E-state index in [1.165, 1.54) is 25.2 Å². The molecule has 0 unspecified atom stereocenters. The first kappa shape index (κ1) is 11.0. The van der Waals surface area contributed by atoms with E-state index in [0.717, 1.165) is 10.2 Å². The molecular weight excluding hydrogens is 224 g/mol. The second-order valence-corrected chi connectivity index (χ2v) is 4.93. The zero-order chi connectivity index (χ0) is 11.8. The molecule has 2 rings (SSSR count). The first-order valence-electron chi connectivity index (χ1n) is 4.84. The second-order valence-electron chi connectivity index (χ2n) is 4.05. The fourth-order valence-corrected chi connectivity index (χ4v) is 1.93. The molecule has 1 aromatic carbocycles. The van der Waals surface area contributed by atoms with Gasteiger partial charge in [-0.25, -0.2) is 4.98 Å². The maximum absolute atomic E-state index is 11.5. The van der Waals surface area contributed by atoms with Gasteiger partial charge in [-0.2, -0.15) is 0 Å². The van der Waals surface area contributed by atoms with Crippen molar-refractivity contribution >= 4 is 33.1 Å². The summed E-state index contributed by atoms with van der Waals surface area (Å²) in [5.41, 5.74) is 1.96. The van der Waals surface area contributed by atoms with Gasteiger partial charge in [0.05, 0.1) is 15.7 Å². The van der Waals surface area contributed by atoms with Crippen LogP contribution in [-0.4, -0.2) is 21.6 Å². The molecule has 0 bridgehead atoms. The van der Waals surface area contributed by atoms with Gasteiger partial charge >= 0.3 is 0 Å². The lowest BCUT2D eigenvalue weighted by Gasteiger charge is -2.16. The molecule has 4 nitrogen and oxygen atoms in total. The molecule has 1 amide bonds. The maximum atomic E-state index is 11.5. The predicted octanol–water partition coefficient (Wildman–Crippen LogP) is 2.01. The number of thiazole rings is 1. The minimum absolute atomic E-state index is 0.420. The van der Waals surface area contributed by atoms with Crippen LogP contribution in [-0.2, 0) is 4.79 Å². The average molecular weight is 236 g/mol. The highest BCUT2D eigenvalue weighted by molar-refractivity contribution is 7.16. The summed E-state index contributed by atoms with van der Waals surface area (Å²) in [5.74, 6) is -0.420. The minimum atomic E-state index is -1.37. The Morgan fingerprint density at radius 2 is 2.25 bits per heavy atom. The number of aliphatic hydroxyl groups is 1. The normalized spacial score (nSPS) is 11.7. The highest BCUT2D eigenvalue weighted by atomic mass is 32.1. The first-order valence-corrected chi connectivity index (χ1v) is 5.72. The van der Waals surface area contributed by atoms with Gasteiger partial charge in [0, 0.05) is 5.69 Å². The van der Waals surface area contributed by atoms with Crippen molar-refractivity contribution in [1.82, 2.24) is 4.98 Å². The number of anilines is 1. The fourth-order valence-electron chi connectivity index (χ4n) is 1.22. The highest BCUT2D eigenvalue weighted by Gasteiger charge is 2.23. The van der Waals surface area contributed by atoms with Crippen molar-refractivity contribution < 1.29 is 9.90 Å². The van der Waals surface area contributed by atoms with Gasteiger partial charge in [-0.3, -0.25) is 4.79 Å². The Bertz CT molecular complexity index is 528. The van der Waals surface area contributed by atoms with E-state index in [0.29, 0.717) is 5.69 Å². The lowest BCUT2D eigenvalue weighted by Crippen LogP contribution is -2.36. The number of carbonyl (C=O) groups is 1. The van der Waals surface area contributed by atoms with Crippen molar-refractivity contribution in [3.8, 4) is 0 Å². The molecule has 0 aliphatic rings. The molecule has 1 heterocycles. The zero-order valence-corrected chi connectivity index (χ0v) is 9.84. The number of benzene rings is 1. The van der Waals surface area contributed by atoms with E-state index in [9.17, 15) is 9.90 Å². The number of rotatable bonds is 2. The Morgan fingerprint density at radius 3 is 2.94 bits per heavy atom. The Labute approximate surface area is 96.9 Å². The summed E-state index contributed by atoms with van der Waals surface area (Å²) in [6.45, 7) is 2.90. The second kappa shape index (κ2) is 3.84. The molecule has 5 heteroatoms. The number of nitrogens with one attached hydrogen (secondary N) is 1. The maximum Gasteiger partial charge on any atom is 0.255 e. The lowest BCUT2D eigenvalue weighted by atomic mass is 10.1. The molecular formula is C11H12N2O2S. The fraction of sp³-hybridized carbons (Fsp3) is 0.273. The van der Waals surface area contributed by atoms with Crippen LogP contribution in [0, 0.1) is 0 Å². The van der Waals surface area contributed by atoms with Crippen molar-refractivity contribution in [3.63, 3.8) is 0 Å². The lowest BCUT2D eigenvalue weighted by molar-refractivity contribution is -0.130. The van der Waals surface area contributed by atoms with Crippen LogP contribution >= 0.6 is 11.3 Å². The molecule has 16 heavy (non-hydrogen) atoms. The molecule has 0 radical (unpaired) electrons. The zero-order valence-electron chi connectivity index (χ0n) is 9.02. The number of hydrogen-bond acceptors (Lipinski definition) is 4.